The van der Waals surface area contributed by atoms with Gasteiger partial charge in [-0.25, -0.2) is 14.2 Å². The molecule has 158 valence electrons. The number of aryl methyl sites for hydroxylation is 1. The van der Waals surface area contributed by atoms with Gasteiger partial charge in [0.15, 0.2) is 0 Å². The van der Waals surface area contributed by atoms with Crippen LogP contribution < -0.4 is 15.4 Å². The van der Waals surface area contributed by atoms with Gasteiger partial charge in [-0.3, -0.25) is 4.40 Å². The van der Waals surface area contributed by atoms with Crippen molar-refractivity contribution in [2.75, 3.05) is 10.6 Å². The first-order valence-corrected chi connectivity index (χ1v) is 9.79. The van der Waals surface area contributed by atoms with Gasteiger partial charge >= 0.3 is 6.03 Å². The van der Waals surface area contributed by atoms with Crippen LogP contribution in [0.15, 0.2) is 72.8 Å². The summed E-state index contributed by atoms with van der Waals surface area (Å²) < 4.78 is 20.9. The third kappa shape index (κ3) is 3.79. The van der Waals surface area contributed by atoms with Crippen molar-refractivity contribution in [3.8, 4) is 11.6 Å². The number of fused-ring (bicyclic) bond motifs is 3. The molecule has 0 fully saturated rings. The molecule has 9 heteroatoms. The summed E-state index contributed by atoms with van der Waals surface area (Å²) in [7, 11) is 0. The number of nitrogens with zero attached hydrogens (tertiary/aromatic N) is 4. The van der Waals surface area contributed by atoms with Gasteiger partial charge in [-0.15, -0.1) is 10.2 Å². The minimum absolute atomic E-state index is 0.332. The molecule has 0 unspecified atom stereocenters. The molecule has 5 aromatic rings. The number of para-hydroxylation sites is 2. The van der Waals surface area contributed by atoms with E-state index in [1.807, 2.05) is 35.6 Å². The Morgan fingerprint density at radius 2 is 1.56 bits per heavy atom. The third-order valence-corrected chi connectivity index (χ3v) is 4.79. The van der Waals surface area contributed by atoms with Crippen LogP contribution in [-0.2, 0) is 0 Å². The van der Waals surface area contributed by atoms with Crippen LogP contribution in [0.5, 0.6) is 11.6 Å². The number of urea groups is 1. The lowest BCUT2D eigenvalue weighted by Gasteiger charge is -2.10. The summed E-state index contributed by atoms with van der Waals surface area (Å²) in [6.07, 6.45) is 0. The molecule has 3 aromatic carbocycles. The molecule has 0 aliphatic heterocycles. The van der Waals surface area contributed by atoms with Crippen molar-refractivity contribution in [3.05, 3.63) is 84.4 Å². The van der Waals surface area contributed by atoms with E-state index in [4.69, 9.17) is 4.74 Å². The molecule has 8 nitrogen and oxygen atoms in total. The largest absolute Gasteiger partial charge is 0.436 e. The van der Waals surface area contributed by atoms with Gasteiger partial charge in [-0.05, 0) is 67.6 Å². The molecule has 0 radical (unpaired) electrons. The molecule has 0 saturated carbocycles. The normalized spacial score (nSPS) is 10.9. The lowest BCUT2D eigenvalue weighted by Crippen LogP contribution is -2.19. The fraction of sp³-hybridized carbons (Fsp3) is 0.0435. The first-order chi connectivity index (χ1) is 15.6. The number of rotatable bonds is 4. The van der Waals surface area contributed by atoms with Crippen LogP contribution in [0, 0.1) is 12.7 Å². The van der Waals surface area contributed by atoms with Crippen LogP contribution in [0.1, 0.15) is 5.82 Å². The minimum atomic E-state index is -0.442. The molecular formula is C23H17FN6O2. The SMILES string of the molecule is Cc1nnc2c(Oc3ccc(NC(=O)Nc4ccc(F)cc4)cc3)nc3ccccc3n12. The van der Waals surface area contributed by atoms with E-state index < -0.39 is 6.03 Å². The summed E-state index contributed by atoms with van der Waals surface area (Å²) in [5.41, 5.74) is 3.21. The summed E-state index contributed by atoms with van der Waals surface area (Å²) in [6.45, 7) is 1.87. The summed E-state index contributed by atoms with van der Waals surface area (Å²) in [4.78, 5) is 16.7. The van der Waals surface area contributed by atoms with E-state index in [9.17, 15) is 9.18 Å². The van der Waals surface area contributed by atoms with Gasteiger partial charge in [0.1, 0.15) is 17.4 Å². The quantitative estimate of drug-likeness (QED) is 0.412. The van der Waals surface area contributed by atoms with Gasteiger partial charge < -0.3 is 15.4 Å². The number of benzene rings is 3. The zero-order valence-corrected chi connectivity index (χ0v) is 16.9. The number of ether oxygens (including phenoxy) is 1. The minimum Gasteiger partial charge on any atom is -0.436 e. The van der Waals surface area contributed by atoms with Crippen molar-refractivity contribution in [2.24, 2.45) is 0 Å². The van der Waals surface area contributed by atoms with E-state index in [1.165, 1.54) is 24.3 Å². The second kappa shape index (κ2) is 7.95. The van der Waals surface area contributed by atoms with E-state index in [0.29, 0.717) is 28.7 Å². The van der Waals surface area contributed by atoms with Crippen LogP contribution in [-0.4, -0.2) is 25.6 Å². The van der Waals surface area contributed by atoms with Crippen molar-refractivity contribution in [1.29, 1.82) is 0 Å². The molecule has 0 aliphatic rings. The molecule has 2 N–H and O–H groups in total. The smallest absolute Gasteiger partial charge is 0.323 e. The van der Waals surface area contributed by atoms with Gasteiger partial charge in [0.05, 0.1) is 11.0 Å². The second-order valence-electron chi connectivity index (χ2n) is 7.02. The Balaban J connectivity index is 1.34. The van der Waals surface area contributed by atoms with Crippen LogP contribution in [0.2, 0.25) is 0 Å². The lowest BCUT2D eigenvalue weighted by molar-refractivity contribution is 0.262. The number of hydrogen-bond acceptors (Lipinski definition) is 5. The molecule has 2 amide bonds. The van der Waals surface area contributed by atoms with E-state index in [-0.39, 0.29) is 5.82 Å². The molecule has 2 aromatic heterocycles. The summed E-state index contributed by atoms with van der Waals surface area (Å²) in [6, 6.07) is 19.6. The maximum absolute atomic E-state index is 13.0. The zero-order valence-electron chi connectivity index (χ0n) is 16.9. The van der Waals surface area contributed by atoms with Gasteiger partial charge in [0.25, 0.3) is 5.88 Å². The maximum atomic E-state index is 13.0. The van der Waals surface area contributed by atoms with E-state index in [0.717, 1.165) is 16.9 Å². The van der Waals surface area contributed by atoms with Crippen LogP contribution in [0.4, 0.5) is 20.6 Å². The number of amides is 2. The molecule has 0 saturated heterocycles. The number of anilines is 2. The van der Waals surface area contributed by atoms with E-state index in [1.54, 1.807) is 24.3 Å². The van der Waals surface area contributed by atoms with E-state index >= 15 is 0 Å². The van der Waals surface area contributed by atoms with Crippen molar-refractivity contribution < 1.29 is 13.9 Å². The predicted molar refractivity (Wildman–Crippen MR) is 119 cm³/mol. The Morgan fingerprint density at radius 1 is 0.906 bits per heavy atom. The molecule has 0 aliphatic carbocycles. The third-order valence-electron chi connectivity index (χ3n) is 4.79. The van der Waals surface area contributed by atoms with Gasteiger partial charge in [-0.2, -0.15) is 0 Å². The molecule has 5 rings (SSSR count). The summed E-state index contributed by atoms with van der Waals surface area (Å²) in [5.74, 6) is 1.22. The average Bonchev–Trinajstić information content (AvgIpc) is 3.19. The average molecular weight is 428 g/mol. The highest BCUT2D eigenvalue weighted by Crippen LogP contribution is 2.28. The van der Waals surface area contributed by atoms with Crippen molar-refractivity contribution in [1.82, 2.24) is 19.6 Å². The summed E-state index contributed by atoms with van der Waals surface area (Å²) in [5, 5.41) is 13.7. The van der Waals surface area contributed by atoms with Crippen LogP contribution >= 0.6 is 0 Å². The Morgan fingerprint density at radius 3 is 2.28 bits per heavy atom. The van der Waals surface area contributed by atoms with Crippen LogP contribution in [0.25, 0.3) is 16.7 Å². The highest BCUT2D eigenvalue weighted by atomic mass is 19.1. The standard InChI is InChI=1S/C23H17FN6O2/c1-14-28-29-21-22(27-19-4-2-3-5-20(19)30(14)21)32-18-12-10-17(11-13-18)26-23(31)25-16-8-6-15(24)7-9-16/h2-13H,1H3,(H2,25,26,31). The topological polar surface area (TPSA) is 93.4 Å². The molecule has 0 spiro atoms. The fourth-order valence-corrected chi connectivity index (χ4v) is 3.31. The number of nitrogens with one attached hydrogen (secondary N) is 2. The van der Waals surface area contributed by atoms with Crippen molar-refractivity contribution in [2.45, 2.75) is 6.92 Å². The number of aromatic nitrogens is 4. The predicted octanol–water partition coefficient (Wildman–Crippen LogP) is 5.16. The Bertz CT molecular complexity index is 1430. The van der Waals surface area contributed by atoms with Crippen LogP contribution in [0.3, 0.4) is 0 Å². The number of carbonyl (C=O) groups excluding carboxylic acids is 1. The number of carbonyl (C=O) groups is 1. The van der Waals surface area contributed by atoms with Gasteiger partial charge in [0.2, 0.25) is 5.65 Å². The molecular weight excluding hydrogens is 411 g/mol. The highest BCUT2D eigenvalue weighted by Gasteiger charge is 2.14. The van der Waals surface area contributed by atoms with Crippen molar-refractivity contribution in [3.63, 3.8) is 0 Å². The van der Waals surface area contributed by atoms with Crippen molar-refractivity contribution >= 4 is 34.1 Å². The van der Waals surface area contributed by atoms with E-state index in [2.05, 4.69) is 25.8 Å². The highest BCUT2D eigenvalue weighted by molar-refractivity contribution is 5.99. The van der Waals surface area contributed by atoms with Gasteiger partial charge in [-0.1, -0.05) is 12.1 Å². The Hall–Kier alpha value is -4.53. The number of halogens is 1. The second-order valence-corrected chi connectivity index (χ2v) is 7.02. The Kier molecular flexibility index (Phi) is 4.83. The number of hydrogen-bond donors (Lipinski definition) is 2. The fourth-order valence-electron chi connectivity index (χ4n) is 3.31. The molecule has 0 bridgehead atoms. The lowest BCUT2D eigenvalue weighted by atomic mass is 10.3. The maximum Gasteiger partial charge on any atom is 0.323 e. The van der Waals surface area contributed by atoms with Gasteiger partial charge in [0, 0.05) is 11.4 Å². The first kappa shape index (κ1) is 19.4. The first-order valence-electron chi connectivity index (χ1n) is 9.79. The zero-order chi connectivity index (χ0) is 22.1. The molecule has 0 atom stereocenters. The monoisotopic (exact) mass is 428 g/mol. The molecule has 32 heavy (non-hydrogen) atoms. The molecule has 2 heterocycles. The summed E-state index contributed by atoms with van der Waals surface area (Å²) >= 11 is 0. The Labute approximate surface area is 181 Å².